The molecule has 0 aliphatic carbocycles. The van der Waals surface area contributed by atoms with Gasteiger partial charge in [-0.2, -0.15) is 0 Å². The molecule has 0 atom stereocenters. The second-order valence-corrected chi connectivity index (χ2v) is 7.93. The van der Waals surface area contributed by atoms with Gasteiger partial charge in [0.1, 0.15) is 5.75 Å². The van der Waals surface area contributed by atoms with E-state index < -0.39 is 10.0 Å². The van der Waals surface area contributed by atoms with Crippen LogP contribution in [0.1, 0.15) is 22.3 Å². The number of carbonyl (C=O) groups excluding carboxylic acids is 1. The summed E-state index contributed by atoms with van der Waals surface area (Å²) in [6, 6.07) is 14.4. The van der Waals surface area contributed by atoms with Crippen LogP contribution < -0.4 is 14.4 Å². The van der Waals surface area contributed by atoms with Crippen molar-refractivity contribution in [1.29, 1.82) is 0 Å². The van der Waals surface area contributed by atoms with Crippen molar-refractivity contribution >= 4 is 21.6 Å². The lowest BCUT2D eigenvalue weighted by Gasteiger charge is -2.19. The topological polar surface area (TPSA) is 75.7 Å². The minimum absolute atomic E-state index is 0.295. The predicted molar refractivity (Wildman–Crippen MR) is 103 cm³/mol. The molecule has 2 aromatic rings. The number of para-hydroxylation sites is 2. The highest BCUT2D eigenvalue weighted by Crippen LogP contribution is 2.21. The van der Waals surface area contributed by atoms with Crippen LogP contribution in [-0.2, 0) is 16.4 Å². The van der Waals surface area contributed by atoms with Gasteiger partial charge in [-0.1, -0.05) is 30.3 Å². The van der Waals surface area contributed by atoms with Crippen LogP contribution in [0.3, 0.4) is 0 Å². The lowest BCUT2D eigenvalue weighted by atomic mass is 10.1. The number of sulfonamides is 1. The van der Waals surface area contributed by atoms with Crippen molar-refractivity contribution in [1.82, 2.24) is 5.32 Å². The first kappa shape index (κ1) is 19.8. The minimum atomic E-state index is -3.44. The van der Waals surface area contributed by atoms with E-state index in [-0.39, 0.29) is 5.91 Å². The maximum absolute atomic E-state index is 12.5. The van der Waals surface area contributed by atoms with E-state index in [0.29, 0.717) is 17.8 Å². The van der Waals surface area contributed by atoms with Crippen molar-refractivity contribution in [3.63, 3.8) is 0 Å². The van der Waals surface area contributed by atoms with E-state index >= 15 is 0 Å². The number of aryl methyl sites for hydroxylation is 1. The van der Waals surface area contributed by atoms with Crippen molar-refractivity contribution in [3.8, 4) is 5.75 Å². The summed E-state index contributed by atoms with van der Waals surface area (Å²) in [6.07, 6.45) is 2.63. The minimum Gasteiger partial charge on any atom is -0.496 e. The van der Waals surface area contributed by atoms with Crippen LogP contribution in [0.2, 0.25) is 0 Å². The summed E-state index contributed by atoms with van der Waals surface area (Å²) in [6.45, 7) is 0.480. The SMILES string of the molecule is COc1ccccc1CCCNC(=O)c1ccccc1N(C)S(C)(=O)=O. The molecule has 0 spiro atoms. The summed E-state index contributed by atoms with van der Waals surface area (Å²) in [4.78, 5) is 12.5. The third-order valence-corrected chi connectivity index (χ3v) is 5.28. The number of amides is 1. The molecule has 26 heavy (non-hydrogen) atoms. The van der Waals surface area contributed by atoms with Gasteiger partial charge in [0.2, 0.25) is 10.0 Å². The highest BCUT2D eigenvalue weighted by Gasteiger charge is 2.19. The average Bonchev–Trinajstić information content (AvgIpc) is 2.64. The molecule has 0 saturated carbocycles. The molecule has 0 aliphatic rings. The Labute approximate surface area is 154 Å². The molecule has 1 amide bonds. The highest BCUT2D eigenvalue weighted by atomic mass is 32.2. The molecule has 0 aliphatic heterocycles. The first-order chi connectivity index (χ1) is 12.3. The summed E-state index contributed by atoms with van der Waals surface area (Å²) < 4.78 is 30.0. The summed E-state index contributed by atoms with van der Waals surface area (Å²) in [5.74, 6) is 0.537. The van der Waals surface area contributed by atoms with Gasteiger partial charge in [-0.25, -0.2) is 8.42 Å². The van der Waals surface area contributed by atoms with Crippen LogP contribution >= 0.6 is 0 Å². The van der Waals surface area contributed by atoms with Gasteiger partial charge in [0.15, 0.2) is 0 Å². The summed E-state index contributed by atoms with van der Waals surface area (Å²) in [7, 11) is -0.373. The monoisotopic (exact) mass is 376 g/mol. The zero-order valence-corrected chi connectivity index (χ0v) is 16.0. The Hall–Kier alpha value is -2.54. The lowest BCUT2D eigenvalue weighted by molar-refractivity contribution is 0.0954. The van der Waals surface area contributed by atoms with Crippen LogP contribution in [0.25, 0.3) is 0 Å². The third-order valence-electron chi connectivity index (χ3n) is 4.09. The molecule has 0 saturated heterocycles. The lowest BCUT2D eigenvalue weighted by Crippen LogP contribution is -2.30. The molecular weight excluding hydrogens is 352 g/mol. The van der Waals surface area contributed by atoms with E-state index in [1.807, 2.05) is 24.3 Å². The fraction of sp³-hybridized carbons (Fsp3) is 0.316. The van der Waals surface area contributed by atoms with Crippen LogP contribution in [0, 0.1) is 0 Å². The maximum atomic E-state index is 12.5. The standard InChI is InChI=1S/C19H24N2O4S/c1-21(26(3,23)24)17-12-6-5-11-16(17)19(22)20-14-8-10-15-9-4-7-13-18(15)25-2/h4-7,9,11-13H,8,10,14H2,1-3H3,(H,20,22). The van der Waals surface area contributed by atoms with E-state index in [1.54, 1.807) is 31.4 Å². The number of benzene rings is 2. The molecule has 0 radical (unpaired) electrons. The molecule has 1 N–H and O–H groups in total. The number of nitrogens with zero attached hydrogens (tertiary/aromatic N) is 1. The fourth-order valence-electron chi connectivity index (χ4n) is 2.60. The predicted octanol–water partition coefficient (Wildman–Crippen LogP) is 2.45. The molecule has 7 heteroatoms. The Morgan fingerprint density at radius 3 is 2.46 bits per heavy atom. The van der Waals surface area contributed by atoms with Crippen LogP contribution in [-0.4, -0.2) is 41.3 Å². The van der Waals surface area contributed by atoms with Crippen molar-refractivity contribution < 1.29 is 17.9 Å². The zero-order chi connectivity index (χ0) is 19.2. The van der Waals surface area contributed by atoms with E-state index in [4.69, 9.17) is 4.74 Å². The van der Waals surface area contributed by atoms with Crippen molar-refractivity contribution in [2.75, 3.05) is 31.3 Å². The molecular formula is C19H24N2O4S. The molecule has 2 aromatic carbocycles. The molecule has 0 fully saturated rings. The maximum Gasteiger partial charge on any atom is 0.253 e. The molecule has 0 heterocycles. The molecule has 0 bridgehead atoms. The summed E-state index contributed by atoms with van der Waals surface area (Å²) in [5, 5.41) is 2.85. The first-order valence-electron chi connectivity index (χ1n) is 8.27. The van der Waals surface area contributed by atoms with E-state index in [1.165, 1.54) is 7.05 Å². The zero-order valence-electron chi connectivity index (χ0n) is 15.2. The summed E-state index contributed by atoms with van der Waals surface area (Å²) >= 11 is 0. The molecule has 2 rings (SSSR count). The fourth-order valence-corrected chi connectivity index (χ4v) is 3.12. The Morgan fingerprint density at radius 1 is 1.12 bits per heavy atom. The second-order valence-electron chi connectivity index (χ2n) is 5.92. The molecule has 6 nitrogen and oxygen atoms in total. The number of hydrogen-bond donors (Lipinski definition) is 1. The Kier molecular flexibility index (Phi) is 6.63. The van der Waals surface area contributed by atoms with Gasteiger partial charge in [-0.15, -0.1) is 0 Å². The average molecular weight is 376 g/mol. The number of hydrogen-bond acceptors (Lipinski definition) is 4. The highest BCUT2D eigenvalue weighted by molar-refractivity contribution is 7.92. The Bertz CT molecular complexity index is 865. The third kappa shape index (κ3) is 4.98. The smallest absolute Gasteiger partial charge is 0.253 e. The Morgan fingerprint density at radius 2 is 1.77 bits per heavy atom. The number of rotatable bonds is 8. The van der Waals surface area contributed by atoms with E-state index in [9.17, 15) is 13.2 Å². The van der Waals surface area contributed by atoms with E-state index in [0.717, 1.165) is 34.7 Å². The number of nitrogens with one attached hydrogen (secondary N) is 1. The van der Waals surface area contributed by atoms with Gasteiger partial charge in [-0.3, -0.25) is 9.10 Å². The van der Waals surface area contributed by atoms with Crippen molar-refractivity contribution in [2.24, 2.45) is 0 Å². The largest absolute Gasteiger partial charge is 0.496 e. The quantitative estimate of drug-likeness (QED) is 0.718. The van der Waals surface area contributed by atoms with Gasteiger partial charge < -0.3 is 10.1 Å². The van der Waals surface area contributed by atoms with Gasteiger partial charge in [-0.05, 0) is 36.6 Å². The number of anilines is 1. The Balaban J connectivity index is 1.99. The van der Waals surface area contributed by atoms with Crippen molar-refractivity contribution in [2.45, 2.75) is 12.8 Å². The number of ether oxygens (including phenoxy) is 1. The summed E-state index contributed by atoms with van der Waals surface area (Å²) in [5.41, 5.74) is 1.77. The number of carbonyl (C=O) groups is 1. The molecule has 140 valence electrons. The van der Waals surface area contributed by atoms with Crippen LogP contribution in [0.15, 0.2) is 48.5 Å². The van der Waals surface area contributed by atoms with Gasteiger partial charge in [0.05, 0.1) is 24.6 Å². The normalized spacial score (nSPS) is 11.0. The first-order valence-corrected chi connectivity index (χ1v) is 10.1. The van der Waals surface area contributed by atoms with Gasteiger partial charge in [0, 0.05) is 13.6 Å². The van der Waals surface area contributed by atoms with Crippen molar-refractivity contribution in [3.05, 3.63) is 59.7 Å². The van der Waals surface area contributed by atoms with Gasteiger partial charge >= 0.3 is 0 Å². The van der Waals surface area contributed by atoms with Crippen LogP contribution in [0.4, 0.5) is 5.69 Å². The number of methoxy groups -OCH3 is 1. The van der Waals surface area contributed by atoms with E-state index in [2.05, 4.69) is 5.32 Å². The molecule has 0 unspecified atom stereocenters. The molecule has 0 aromatic heterocycles. The van der Waals surface area contributed by atoms with Crippen LogP contribution in [0.5, 0.6) is 5.75 Å². The van der Waals surface area contributed by atoms with Gasteiger partial charge in [0.25, 0.3) is 5.91 Å². The second kappa shape index (κ2) is 8.71.